The predicted molar refractivity (Wildman–Crippen MR) is 85.5 cm³/mol. The maximum atomic E-state index is 13.8. The minimum Gasteiger partial charge on any atom is -0.380 e. The Morgan fingerprint density at radius 2 is 2.26 bits per heavy atom. The first-order valence-corrected chi connectivity index (χ1v) is 7.98. The van der Waals surface area contributed by atoms with Gasteiger partial charge in [-0.05, 0) is 25.0 Å². The number of urea groups is 1. The van der Waals surface area contributed by atoms with Gasteiger partial charge in [0.15, 0.2) is 0 Å². The van der Waals surface area contributed by atoms with Gasteiger partial charge in [-0.3, -0.25) is 0 Å². The van der Waals surface area contributed by atoms with Crippen LogP contribution in [0.4, 0.5) is 9.18 Å². The number of nitrogens with zero attached hydrogens (tertiary/aromatic N) is 1. The van der Waals surface area contributed by atoms with Crippen LogP contribution in [0.5, 0.6) is 0 Å². The molecule has 1 aliphatic heterocycles. The number of hydrogen-bond donors (Lipinski definition) is 1. The van der Waals surface area contributed by atoms with Gasteiger partial charge in [-0.15, -0.1) is 0 Å². The second-order valence-electron chi connectivity index (χ2n) is 5.90. The van der Waals surface area contributed by atoms with Crippen molar-refractivity contribution >= 4 is 6.03 Å². The summed E-state index contributed by atoms with van der Waals surface area (Å²) in [5.41, 5.74) is 1.24. The highest BCUT2D eigenvalue weighted by Gasteiger charge is 2.27. The number of benzene rings is 1. The van der Waals surface area contributed by atoms with Gasteiger partial charge in [-0.25, -0.2) is 9.18 Å². The second kappa shape index (κ2) is 8.26. The molecule has 1 aliphatic rings. The van der Waals surface area contributed by atoms with Crippen LogP contribution in [0.2, 0.25) is 0 Å². The summed E-state index contributed by atoms with van der Waals surface area (Å²) in [6.45, 7) is 5.71. The van der Waals surface area contributed by atoms with Crippen molar-refractivity contribution in [1.29, 1.82) is 0 Å². The Morgan fingerprint density at radius 1 is 1.48 bits per heavy atom. The zero-order chi connectivity index (χ0) is 16.8. The molecule has 128 valence electrons. The molecular weight excluding hydrogens is 299 g/mol. The minimum atomic E-state index is -0.315. The first kappa shape index (κ1) is 17.7. The Bertz CT molecular complexity index is 539. The van der Waals surface area contributed by atoms with Crippen LogP contribution >= 0.6 is 0 Å². The normalized spacial score (nSPS) is 21.3. The summed E-state index contributed by atoms with van der Waals surface area (Å²) in [6, 6.07) is 4.78. The fraction of sp³-hybridized carbons (Fsp3) is 0.588. The van der Waals surface area contributed by atoms with E-state index in [1.54, 1.807) is 17.0 Å². The van der Waals surface area contributed by atoms with E-state index in [1.165, 1.54) is 13.2 Å². The zero-order valence-corrected chi connectivity index (χ0v) is 14.0. The molecule has 5 nitrogen and oxygen atoms in total. The first-order valence-electron chi connectivity index (χ1n) is 7.98. The topological polar surface area (TPSA) is 50.8 Å². The van der Waals surface area contributed by atoms with Gasteiger partial charge in [-0.1, -0.05) is 19.1 Å². The van der Waals surface area contributed by atoms with Crippen LogP contribution in [0.1, 0.15) is 31.4 Å². The molecule has 0 aromatic heterocycles. The molecule has 6 heteroatoms. The van der Waals surface area contributed by atoms with Crippen molar-refractivity contribution in [3.05, 3.63) is 35.1 Å². The molecule has 0 bridgehead atoms. The van der Waals surface area contributed by atoms with E-state index >= 15 is 0 Å². The van der Waals surface area contributed by atoms with Crippen LogP contribution in [0.3, 0.4) is 0 Å². The first-order chi connectivity index (χ1) is 11.0. The molecule has 0 saturated carbocycles. The van der Waals surface area contributed by atoms with Gasteiger partial charge in [0.2, 0.25) is 0 Å². The number of methoxy groups -OCH3 is 1. The third kappa shape index (κ3) is 4.91. The van der Waals surface area contributed by atoms with E-state index in [0.717, 1.165) is 12.0 Å². The Balaban J connectivity index is 1.90. The number of hydrogen-bond acceptors (Lipinski definition) is 3. The van der Waals surface area contributed by atoms with Crippen molar-refractivity contribution in [3.8, 4) is 0 Å². The highest BCUT2D eigenvalue weighted by Crippen LogP contribution is 2.14. The van der Waals surface area contributed by atoms with E-state index in [2.05, 4.69) is 5.32 Å². The summed E-state index contributed by atoms with van der Waals surface area (Å²) in [5.74, 6) is -0.315. The molecule has 23 heavy (non-hydrogen) atoms. The lowest BCUT2D eigenvalue weighted by atomic mass is 10.1. The lowest BCUT2D eigenvalue weighted by Gasteiger charge is -2.36. The van der Waals surface area contributed by atoms with Gasteiger partial charge in [0.25, 0.3) is 0 Å². The lowest BCUT2D eigenvalue weighted by molar-refractivity contribution is -0.0646. The zero-order valence-electron chi connectivity index (χ0n) is 14.0. The maximum absolute atomic E-state index is 13.8. The molecule has 2 rings (SSSR count). The predicted octanol–water partition coefficient (Wildman–Crippen LogP) is 2.68. The van der Waals surface area contributed by atoms with E-state index in [9.17, 15) is 9.18 Å². The van der Waals surface area contributed by atoms with Crippen LogP contribution < -0.4 is 5.32 Å². The third-order valence-corrected chi connectivity index (χ3v) is 3.93. The number of morpholine rings is 1. The molecule has 0 spiro atoms. The highest BCUT2D eigenvalue weighted by molar-refractivity contribution is 5.74. The fourth-order valence-electron chi connectivity index (χ4n) is 2.70. The van der Waals surface area contributed by atoms with Gasteiger partial charge in [0.1, 0.15) is 5.82 Å². The molecule has 1 aromatic carbocycles. The summed E-state index contributed by atoms with van der Waals surface area (Å²) in [4.78, 5) is 14.0. The molecule has 1 aromatic rings. The lowest BCUT2D eigenvalue weighted by Crippen LogP contribution is -2.52. The van der Waals surface area contributed by atoms with Crippen molar-refractivity contribution in [1.82, 2.24) is 10.2 Å². The van der Waals surface area contributed by atoms with E-state index in [-0.39, 0.29) is 30.7 Å². The molecule has 1 heterocycles. The second-order valence-corrected chi connectivity index (χ2v) is 5.90. The molecule has 0 radical (unpaired) electrons. The number of carbonyl (C=O) groups is 1. The van der Waals surface area contributed by atoms with Crippen LogP contribution in [-0.2, 0) is 22.6 Å². The van der Waals surface area contributed by atoms with Gasteiger partial charge in [0.05, 0.1) is 18.8 Å². The maximum Gasteiger partial charge on any atom is 0.317 e. The highest BCUT2D eigenvalue weighted by atomic mass is 19.1. The quantitative estimate of drug-likeness (QED) is 0.906. The summed E-state index contributed by atoms with van der Waals surface area (Å²) >= 11 is 0. The van der Waals surface area contributed by atoms with Gasteiger partial charge >= 0.3 is 6.03 Å². The average Bonchev–Trinajstić information content (AvgIpc) is 2.54. The number of rotatable bonds is 5. The van der Waals surface area contributed by atoms with Gasteiger partial charge in [0, 0.05) is 32.3 Å². The third-order valence-electron chi connectivity index (χ3n) is 3.93. The Hall–Kier alpha value is -1.66. The van der Waals surface area contributed by atoms with Crippen LogP contribution in [0.15, 0.2) is 18.2 Å². The Kier molecular flexibility index (Phi) is 6.36. The summed E-state index contributed by atoms with van der Waals surface area (Å²) in [7, 11) is 1.53. The minimum absolute atomic E-state index is 0.0326. The van der Waals surface area contributed by atoms with E-state index in [4.69, 9.17) is 9.47 Å². The summed E-state index contributed by atoms with van der Waals surface area (Å²) in [6.07, 6.45) is 0.987. The SMILES string of the molecule is CC[C@@H]1CN(C(=O)NCc2ccc(COC)c(F)c2)C[C@@H](C)O1. The van der Waals surface area contributed by atoms with Crippen LogP contribution in [-0.4, -0.2) is 43.3 Å². The molecule has 2 amide bonds. The number of amides is 2. The number of nitrogens with one attached hydrogen (secondary N) is 1. The molecule has 2 atom stereocenters. The van der Waals surface area contributed by atoms with E-state index in [0.29, 0.717) is 25.2 Å². The molecule has 0 unspecified atom stereocenters. The van der Waals surface area contributed by atoms with E-state index in [1.807, 2.05) is 13.8 Å². The summed E-state index contributed by atoms with van der Waals surface area (Å²) < 4.78 is 24.5. The van der Waals surface area contributed by atoms with Crippen molar-refractivity contribution < 1.29 is 18.7 Å². The molecular formula is C17H25FN2O3. The van der Waals surface area contributed by atoms with Crippen LogP contribution in [0.25, 0.3) is 0 Å². The largest absolute Gasteiger partial charge is 0.380 e. The van der Waals surface area contributed by atoms with Crippen molar-refractivity contribution in [2.45, 2.75) is 45.6 Å². The Labute approximate surface area is 136 Å². The fourth-order valence-corrected chi connectivity index (χ4v) is 2.70. The summed E-state index contributed by atoms with van der Waals surface area (Å²) in [5, 5.41) is 2.85. The Morgan fingerprint density at radius 3 is 2.91 bits per heavy atom. The monoisotopic (exact) mass is 324 g/mol. The van der Waals surface area contributed by atoms with Crippen molar-refractivity contribution in [3.63, 3.8) is 0 Å². The molecule has 0 aliphatic carbocycles. The smallest absolute Gasteiger partial charge is 0.317 e. The molecule has 1 fully saturated rings. The molecule has 1 N–H and O–H groups in total. The number of halogens is 1. The van der Waals surface area contributed by atoms with Crippen molar-refractivity contribution in [2.75, 3.05) is 20.2 Å². The standard InChI is InChI=1S/C17H25FN2O3/c1-4-15-10-20(9-12(2)23-15)17(21)19-8-13-5-6-14(11-22-3)16(18)7-13/h5-7,12,15H,4,8-11H2,1-3H3,(H,19,21)/t12-,15-/m1/s1. The van der Waals surface area contributed by atoms with E-state index < -0.39 is 0 Å². The van der Waals surface area contributed by atoms with Gasteiger partial charge in [-0.2, -0.15) is 0 Å². The average molecular weight is 324 g/mol. The number of ether oxygens (including phenoxy) is 2. The van der Waals surface area contributed by atoms with Crippen molar-refractivity contribution in [2.24, 2.45) is 0 Å². The number of carbonyl (C=O) groups excluding carboxylic acids is 1. The van der Waals surface area contributed by atoms with Gasteiger partial charge < -0.3 is 19.7 Å². The van der Waals surface area contributed by atoms with Crippen LogP contribution in [0, 0.1) is 5.82 Å². The molecule has 1 saturated heterocycles.